The van der Waals surface area contributed by atoms with Gasteiger partial charge >= 0.3 is 5.97 Å². The molecular weight excluding hydrogens is 539 g/mol. The Balaban J connectivity index is 1.46. The van der Waals surface area contributed by atoms with Gasteiger partial charge < -0.3 is 19.8 Å². The first-order valence-electron chi connectivity index (χ1n) is 12.9. The number of aliphatic hydroxyl groups excluding tert-OH is 1. The third-order valence-electron chi connectivity index (χ3n) is 6.78. The van der Waals surface area contributed by atoms with Gasteiger partial charge in [-0.3, -0.25) is 4.79 Å². The zero-order chi connectivity index (χ0) is 27.3. The highest BCUT2D eigenvalue weighted by atomic mass is 35.5. The van der Waals surface area contributed by atoms with E-state index in [0.717, 1.165) is 46.5 Å². The second-order valence-electron chi connectivity index (χ2n) is 10.4. The summed E-state index contributed by atoms with van der Waals surface area (Å²) in [6, 6.07) is 20.0. The van der Waals surface area contributed by atoms with E-state index in [9.17, 15) is 15.0 Å². The van der Waals surface area contributed by atoms with Crippen molar-refractivity contribution in [3.63, 3.8) is 0 Å². The number of benzene rings is 3. The van der Waals surface area contributed by atoms with Crippen LogP contribution in [0.4, 0.5) is 5.69 Å². The summed E-state index contributed by atoms with van der Waals surface area (Å²) in [5.74, 6) is -0.845. The van der Waals surface area contributed by atoms with E-state index >= 15 is 0 Å². The number of carboxylic acids is 1. The van der Waals surface area contributed by atoms with Crippen LogP contribution in [0.5, 0.6) is 0 Å². The van der Waals surface area contributed by atoms with Crippen LogP contribution in [0, 0.1) is 0 Å². The lowest BCUT2D eigenvalue weighted by Crippen LogP contribution is -2.46. The first kappa shape index (κ1) is 28.8. The largest absolute Gasteiger partial charge is 0.481 e. The fourth-order valence-corrected chi connectivity index (χ4v) is 6.59. The van der Waals surface area contributed by atoms with E-state index < -0.39 is 12.1 Å². The number of hydrogen-bond acceptors (Lipinski definition) is 5. The Hall–Kier alpha value is -2.22. The number of anilines is 1. The quantitative estimate of drug-likeness (QED) is 0.198. The van der Waals surface area contributed by atoms with E-state index in [0.29, 0.717) is 29.6 Å². The highest BCUT2D eigenvalue weighted by Crippen LogP contribution is 2.51. The molecular formula is C30H34Cl2N2O3S. The Labute approximate surface area is 239 Å². The molecule has 8 heteroatoms. The zero-order valence-corrected chi connectivity index (χ0v) is 24.0. The number of carboxylic acid groups (broad SMARTS) is 1. The number of fused-ring (bicyclic) bond motifs is 3. The zero-order valence-electron chi connectivity index (χ0n) is 21.7. The van der Waals surface area contributed by atoms with Gasteiger partial charge in [-0.1, -0.05) is 71.7 Å². The van der Waals surface area contributed by atoms with E-state index in [2.05, 4.69) is 43.4 Å². The summed E-state index contributed by atoms with van der Waals surface area (Å²) < 4.78 is 2.05. The van der Waals surface area contributed by atoms with E-state index in [1.807, 2.05) is 34.6 Å². The number of para-hydroxylation sites is 1. The number of aliphatic hydroxyl groups is 1. The maximum atomic E-state index is 11.3. The summed E-state index contributed by atoms with van der Waals surface area (Å²) >= 11 is 14.4. The molecule has 0 aliphatic carbocycles. The minimum absolute atomic E-state index is 0.0272. The van der Waals surface area contributed by atoms with Crippen molar-refractivity contribution in [1.29, 1.82) is 0 Å². The molecule has 1 atom stereocenters. The normalized spacial score (nSPS) is 13.7. The fourth-order valence-electron chi connectivity index (χ4n) is 4.80. The first-order valence-corrected chi connectivity index (χ1v) is 14.4. The SMILES string of the molecule is CC(C)(CCCc1ccccc1)NC[C@@H](O)CN1Sc2c(Cl)cc(Cl)cc2-c2cccc(CCC(=O)O)c21. The van der Waals surface area contributed by atoms with Gasteiger partial charge in [0.2, 0.25) is 0 Å². The second-order valence-corrected chi connectivity index (χ2v) is 12.3. The lowest BCUT2D eigenvalue weighted by molar-refractivity contribution is -0.136. The number of nitrogens with one attached hydrogen (secondary N) is 1. The van der Waals surface area contributed by atoms with Crippen LogP contribution in [0.25, 0.3) is 11.1 Å². The average Bonchev–Trinajstić information content (AvgIpc) is 2.87. The van der Waals surface area contributed by atoms with E-state index in [1.165, 1.54) is 17.5 Å². The van der Waals surface area contributed by atoms with E-state index in [4.69, 9.17) is 23.2 Å². The topological polar surface area (TPSA) is 72.8 Å². The molecule has 0 amide bonds. The first-order chi connectivity index (χ1) is 18.1. The molecule has 0 bridgehead atoms. The number of nitrogens with zero attached hydrogens (tertiary/aromatic N) is 1. The van der Waals surface area contributed by atoms with Gasteiger partial charge in [-0.2, -0.15) is 0 Å². The number of aryl methyl sites for hydroxylation is 2. The van der Waals surface area contributed by atoms with Crippen molar-refractivity contribution < 1.29 is 15.0 Å². The summed E-state index contributed by atoms with van der Waals surface area (Å²) in [6.07, 6.45) is 2.84. The van der Waals surface area contributed by atoms with E-state index in [-0.39, 0.29) is 12.0 Å². The number of halogens is 2. The van der Waals surface area contributed by atoms with Crippen molar-refractivity contribution in [2.45, 2.75) is 62.5 Å². The molecule has 0 aromatic heterocycles. The molecule has 3 aromatic rings. The molecule has 0 radical (unpaired) electrons. The highest BCUT2D eigenvalue weighted by molar-refractivity contribution is 8.01. The predicted molar refractivity (Wildman–Crippen MR) is 159 cm³/mol. The summed E-state index contributed by atoms with van der Waals surface area (Å²) in [7, 11) is 0. The Bertz CT molecular complexity index is 1270. The Morgan fingerprint density at radius 2 is 1.82 bits per heavy atom. The highest BCUT2D eigenvalue weighted by Gasteiger charge is 2.29. The number of rotatable bonds is 12. The number of hydrogen-bond donors (Lipinski definition) is 3. The van der Waals surface area contributed by atoms with Crippen molar-refractivity contribution in [2.75, 3.05) is 17.4 Å². The van der Waals surface area contributed by atoms with Crippen LogP contribution in [0.15, 0.2) is 65.6 Å². The van der Waals surface area contributed by atoms with Crippen molar-refractivity contribution in [2.24, 2.45) is 0 Å². The van der Waals surface area contributed by atoms with Crippen LogP contribution in [-0.2, 0) is 17.6 Å². The minimum Gasteiger partial charge on any atom is -0.481 e. The van der Waals surface area contributed by atoms with Gasteiger partial charge in [0.15, 0.2) is 0 Å². The predicted octanol–water partition coefficient (Wildman–Crippen LogP) is 7.26. The lowest BCUT2D eigenvalue weighted by atomic mass is 9.95. The van der Waals surface area contributed by atoms with Crippen molar-refractivity contribution >= 4 is 46.8 Å². The average molecular weight is 574 g/mol. The summed E-state index contributed by atoms with van der Waals surface area (Å²) in [6.45, 7) is 5.12. The minimum atomic E-state index is -0.845. The van der Waals surface area contributed by atoms with Gasteiger partial charge in [0.05, 0.1) is 28.3 Å². The van der Waals surface area contributed by atoms with Gasteiger partial charge in [0.25, 0.3) is 0 Å². The molecule has 1 aliphatic heterocycles. The standard InChI is InChI=1S/C30H34Cl2N2O3S/c1-30(2,15-7-10-20-8-4-3-5-9-20)33-18-23(35)19-34-28-21(13-14-27(36)37)11-6-12-24(28)25-16-22(31)17-26(32)29(25)38-34/h3-6,8-9,11-12,16-17,23,33,35H,7,10,13-15,18-19H2,1-2H3,(H,36,37)/t23-/m1/s1. The fraction of sp³-hybridized carbons (Fsp3) is 0.367. The molecule has 38 heavy (non-hydrogen) atoms. The second kappa shape index (κ2) is 12.8. The summed E-state index contributed by atoms with van der Waals surface area (Å²) in [4.78, 5) is 12.2. The molecule has 0 unspecified atom stereocenters. The molecule has 0 saturated carbocycles. The maximum Gasteiger partial charge on any atom is 0.303 e. The van der Waals surface area contributed by atoms with Crippen molar-refractivity contribution in [3.05, 3.63) is 81.8 Å². The molecule has 202 valence electrons. The lowest BCUT2D eigenvalue weighted by Gasteiger charge is -2.36. The summed E-state index contributed by atoms with van der Waals surface area (Å²) in [5.41, 5.74) is 4.90. The van der Waals surface area contributed by atoms with Gasteiger partial charge in [0.1, 0.15) is 0 Å². The van der Waals surface area contributed by atoms with Crippen molar-refractivity contribution in [3.8, 4) is 11.1 Å². The molecule has 1 aliphatic rings. The van der Waals surface area contributed by atoms with Gasteiger partial charge in [0, 0.05) is 34.7 Å². The monoisotopic (exact) mass is 572 g/mol. The van der Waals surface area contributed by atoms with Crippen LogP contribution in [0.2, 0.25) is 10.0 Å². The van der Waals surface area contributed by atoms with E-state index in [1.54, 1.807) is 6.07 Å². The Morgan fingerprint density at radius 1 is 1.05 bits per heavy atom. The molecule has 4 rings (SSSR count). The van der Waals surface area contributed by atoms with Crippen LogP contribution in [-0.4, -0.2) is 40.9 Å². The van der Waals surface area contributed by atoms with Gasteiger partial charge in [-0.05, 0) is 74.7 Å². The third kappa shape index (κ3) is 7.45. The molecule has 1 heterocycles. The molecule has 0 saturated heterocycles. The Morgan fingerprint density at radius 3 is 2.55 bits per heavy atom. The number of aliphatic carboxylic acids is 1. The maximum absolute atomic E-state index is 11.3. The summed E-state index contributed by atoms with van der Waals surface area (Å²) in [5, 5.41) is 25.0. The Kier molecular flexibility index (Phi) is 9.66. The molecule has 0 spiro atoms. The van der Waals surface area contributed by atoms with Crippen LogP contribution in [0.3, 0.4) is 0 Å². The molecule has 5 nitrogen and oxygen atoms in total. The molecule has 0 fully saturated rings. The molecule has 3 aromatic carbocycles. The number of β-amino-alcohol motifs (C(OH)–C–C–N with tert-alkyl or cyclic N) is 1. The smallest absolute Gasteiger partial charge is 0.303 e. The van der Waals surface area contributed by atoms with Crippen molar-refractivity contribution in [1.82, 2.24) is 5.32 Å². The van der Waals surface area contributed by atoms with Crippen LogP contribution >= 0.6 is 35.1 Å². The molecule has 3 N–H and O–H groups in total. The third-order valence-corrected chi connectivity index (χ3v) is 8.58. The van der Waals surface area contributed by atoms with Crippen LogP contribution in [0.1, 0.15) is 44.2 Å². The van der Waals surface area contributed by atoms with Gasteiger partial charge in [-0.15, -0.1) is 0 Å². The van der Waals surface area contributed by atoms with Crippen LogP contribution < -0.4 is 9.62 Å². The van der Waals surface area contributed by atoms with Gasteiger partial charge in [-0.25, -0.2) is 0 Å². The number of carbonyl (C=O) groups is 1.